The Morgan fingerprint density at radius 1 is 0.903 bits per heavy atom. The number of carbonyl (C=O) groups excluding carboxylic acids is 2. The van der Waals surface area contributed by atoms with Crippen molar-refractivity contribution in [3.05, 3.63) is 0 Å². The molecule has 0 radical (unpaired) electrons. The van der Waals surface area contributed by atoms with E-state index in [2.05, 4.69) is 0 Å². The summed E-state index contributed by atoms with van der Waals surface area (Å²) in [6.45, 7) is 12.8. The molecule has 2 aliphatic rings. The number of piperazine rings is 1. The lowest BCUT2D eigenvalue weighted by Gasteiger charge is -2.42. The number of morpholine rings is 1. The van der Waals surface area contributed by atoms with Crippen LogP contribution < -0.4 is 0 Å². The minimum Gasteiger partial charge on any atom is -0.444 e. The summed E-state index contributed by atoms with van der Waals surface area (Å²) in [5.74, 6) is -0.126. The molecule has 0 N–H and O–H groups in total. The fourth-order valence-electron chi connectivity index (χ4n) is 3.39. The highest BCUT2D eigenvalue weighted by molar-refractivity contribution is 7.89. The summed E-state index contributed by atoms with van der Waals surface area (Å²) in [5, 5.41) is 0. The summed E-state index contributed by atoms with van der Waals surface area (Å²) >= 11 is 0. The molecule has 0 aromatic carbocycles. The third-order valence-electron chi connectivity index (χ3n) is 4.83. The summed E-state index contributed by atoms with van der Waals surface area (Å²) in [6.07, 6.45) is -0.791. The first-order valence-corrected chi connectivity index (χ1v) is 12.3. The summed E-state index contributed by atoms with van der Waals surface area (Å²) < 4.78 is 43.1. The van der Waals surface area contributed by atoms with Crippen molar-refractivity contribution in [1.29, 1.82) is 0 Å². The fourth-order valence-corrected chi connectivity index (χ4v) is 4.93. The van der Waals surface area contributed by atoms with Crippen molar-refractivity contribution >= 4 is 22.2 Å². The van der Waals surface area contributed by atoms with Gasteiger partial charge in [0.05, 0.1) is 25.0 Å². The first-order valence-electron chi connectivity index (χ1n) is 10.7. The number of sulfonamides is 1. The zero-order valence-electron chi connectivity index (χ0n) is 19.5. The molecule has 1 atom stereocenters. The van der Waals surface area contributed by atoms with Crippen LogP contribution >= 0.6 is 0 Å². The Kier molecular flexibility index (Phi) is 8.21. The maximum absolute atomic E-state index is 12.8. The van der Waals surface area contributed by atoms with Gasteiger partial charge in [-0.1, -0.05) is 0 Å². The molecule has 2 saturated heterocycles. The van der Waals surface area contributed by atoms with Gasteiger partial charge in [-0.25, -0.2) is 18.0 Å². The lowest BCUT2D eigenvalue weighted by atomic mass is 10.1. The molecule has 0 aliphatic carbocycles. The first-order chi connectivity index (χ1) is 14.2. The van der Waals surface area contributed by atoms with Crippen LogP contribution in [0.2, 0.25) is 0 Å². The second-order valence-electron chi connectivity index (χ2n) is 9.87. The van der Waals surface area contributed by atoms with Crippen LogP contribution in [-0.4, -0.2) is 104 Å². The van der Waals surface area contributed by atoms with Gasteiger partial charge in [-0.05, 0) is 48.0 Å². The van der Waals surface area contributed by atoms with Crippen molar-refractivity contribution in [2.45, 2.75) is 65.2 Å². The molecule has 180 valence electrons. The van der Waals surface area contributed by atoms with E-state index in [9.17, 15) is 18.0 Å². The molecule has 10 nitrogen and oxygen atoms in total. The van der Waals surface area contributed by atoms with E-state index < -0.39 is 39.5 Å². The maximum Gasteiger partial charge on any atom is 0.410 e. The van der Waals surface area contributed by atoms with Crippen LogP contribution in [0.1, 0.15) is 48.0 Å². The monoisotopic (exact) mass is 463 g/mol. The quantitative estimate of drug-likeness (QED) is 0.627. The van der Waals surface area contributed by atoms with E-state index in [1.807, 2.05) is 0 Å². The van der Waals surface area contributed by atoms with E-state index in [0.29, 0.717) is 32.8 Å². The zero-order valence-corrected chi connectivity index (χ0v) is 20.4. The molecule has 0 aromatic heterocycles. The molecule has 11 heteroatoms. The molecule has 0 aromatic rings. The predicted molar refractivity (Wildman–Crippen MR) is 115 cm³/mol. The Morgan fingerprint density at radius 3 is 2.00 bits per heavy atom. The van der Waals surface area contributed by atoms with Crippen molar-refractivity contribution < 1.29 is 32.2 Å². The van der Waals surface area contributed by atoms with Crippen molar-refractivity contribution in [2.75, 3.05) is 51.7 Å². The Labute approximate surface area is 185 Å². The Morgan fingerprint density at radius 2 is 1.45 bits per heavy atom. The van der Waals surface area contributed by atoms with E-state index in [1.165, 1.54) is 14.1 Å². The van der Waals surface area contributed by atoms with Gasteiger partial charge in [0.1, 0.15) is 11.2 Å². The summed E-state index contributed by atoms with van der Waals surface area (Å²) in [4.78, 5) is 28.3. The molecule has 2 aliphatic heterocycles. The van der Waals surface area contributed by atoms with Gasteiger partial charge in [-0.15, -0.1) is 0 Å². The van der Waals surface area contributed by atoms with Crippen LogP contribution in [0, 0.1) is 0 Å². The molecule has 2 fully saturated rings. The van der Waals surface area contributed by atoms with Gasteiger partial charge in [0.2, 0.25) is 10.0 Å². The average molecular weight is 464 g/mol. The van der Waals surface area contributed by atoms with E-state index in [1.54, 1.807) is 41.5 Å². The number of amides is 2. The molecule has 0 saturated carbocycles. The van der Waals surface area contributed by atoms with E-state index in [4.69, 9.17) is 14.2 Å². The van der Waals surface area contributed by atoms with E-state index in [0.717, 1.165) is 0 Å². The van der Waals surface area contributed by atoms with Crippen molar-refractivity contribution in [1.82, 2.24) is 14.1 Å². The largest absolute Gasteiger partial charge is 0.444 e. The Bertz CT molecular complexity index is 737. The molecular weight excluding hydrogens is 426 g/mol. The molecule has 0 spiro atoms. The lowest BCUT2D eigenvalue weighted by molar-refractivity contribution is -0.0151. The fraction of sp³-hybridized carbons (Fsp3) is 0.900. The van der Waals surface area contributed by atoms with Gasteiger partial charge in [0.15, 0.2) is 0 Å². The van der Waals surface area contributed by atoms with Crippen molar-refractivity contribution in [3.8, 4) is 0 Å². The molecule has 2 amide bonds. The number of nitrogens with zero attached hydrogens (tertiary/aromatic N) is 3. The molecular formula is C20H37N3O7S. The third-order valence-corrected chi connectivity index (χ3v) is 6.74. The number of ether oxygens (including phenoxy) is 3. The average Bonchev–Trinajstić information content (AvgIpc) is 2.64. The van der Waals surface area contributed by atoms with Crippen LogP contribution in [-0.2, 0) is 24.2 Å². The van der Waals surface area contributed by atoms with Gasteiger partial charge in [0, 0.05) is 32.7 Å². The standard InChI is InChI=1S/C20H37N3O7S/c1-19(2,3)29-17(24)21-8-9-23(18(25)30-20(4,5)6)16(15-21)7-14-31(26,27)22-10-12-28-13-11-22/h16H,7-15H2,1-6H3. The number of hydrogen-bond acceptors (Lipinski definition) is 7. The zero-order chi connectivity index (χ0) is 23.4. The predicted octanol–water partition coefficient (Wildman–Crippen LogP) is 1.89. The topological polar surface area (TPSA) is 106 Å². The molecule has 1 unspecified atom stereocenters. The Balaban J connectivity index is 2.11. The van der Waals surface area contributed by atoms with Gasteiger partial charge >= 0.3 is 12.2 Å². The van der Waals surface area contributed by atoms with Crippen molar-refractivity contribution in [2.24, 2.45) is 0 Å². The van der Waals surface area contributed by atoms with Crippen LogP contribution in [0.3, 0.4) is 0 Å². The highest BCUT2D eigenvalue weighted by atomic mass is 32.2. The van der Waals surface area contributed by atoms with Crippen LogP contribution in [0.25, 0.3) is 0 Å². The summed E-state index contributed by atoms with van der Waals surface area (Å²) in [6, 6.07) is -0.494. The van der Waals surface area contributed by atoms with Gasteiger partial charge in [-0.2, -0.15) is 4.31 Å². The highest BCUT2D eigenvalue weighted by Crippen LogP contribution is 2.21. The first kappa shape index (κ1) is 25.7. The third kappa shape index (κ3) is 8.12. The molecule has 2 heterocycles. The number of hydrogen-bond donors (Lipinski definition) is 0. The van der Waals surface area contributed by atoms with Crippen LogP contribution in [0.4, 0.5) is 9.59 Å². The molecule has 0 bridgehead atoms. The molecule has 2 rings (SSSR count). The van der Waals surface area contributed by atoms with Crippen molar-refractivity contribution in [3.63, 3.8) is 0 Å². The second-order valence-corrected chi connectivity index (χ2v) is 12.0. The summed E-state index contributed by atoms with van der Waals surface area (Å²) in [5.41, 5.74) is -1.32. The minimum absolute atomic E-state index is 0.126. The second kappa shape index (κ2) is 9.91. The van der Waals surface area contributed by atoms with Gasteiger partial charge in [0.25, 0.3) is 0 Å². The summed E-state index contributed by atoms with van der Waals surface area (Å²) in [7, 11) is -3.49. The normalized spacial score (nSPS) is 21.7. The van der Waals surface area contributed by atoms with Gasteiger partial charge in [-0.3, -0.25) is 0 Å². The highest BCUT2D eigenvalue weighted by Gasteiger charge is 2.37. The smallest absolute Gasteiger partial charge is 0.410 e. The van der Waals surface area contributed by atoms with Crippen LogP contribution in [0.15, 0.2) is 0 Å². The number of rotatable bonds is 4. The van der Waals surface area contributed by atoms with Crippen LogP contribution in [0.5, 0.6) is 0 Å². The lowest BCUT2D eigenvalue weighted by Crippen LogP contribution is -2.58. The molecule has 31 heavy (non-hydrogen) atoms. The van der Waals surface area contributed by atoms with E-state index >= 15 is 0 Å². The maximum atomic E-state index is 12.8. The van der Waals surface area contributed by atoms with E-state index in [-0.39, 0.29) is 25.3 Å². The SMILES string of the molecule is CC(C)(C)OC(=O)N1CCN(C(=O)OC(C)(C)C)C(CCS(=O)(=O)N2CCOCC2)C1. The minimum atomic E-state index is -3.49. The number of carbonyl (C=O) groups is 2. The Hall–Kier alpha value is -1.59. The van der Waals surface area contributed by atoms with Gasteiger partial charge < -0.3 is 24.0 Å².